The Labute approximate surface area is 121 Å². The van der Waals surface area contributed by atoms with Gasteiger partial charge in [0.1, 0.15) is 24.2 Å². The van der Waals surface area contributed by atoms with Crippen LogP contribution in [0.25, 0.3) is 0 Å². The molecule has 0 saturated heterocycles. The van der Waals surface area contributed by atoms with Crippen molar-refractivity contribution >= 4 is 5.97 Å². The van der Waals surface area contributed by atoms with E-state index in [1.807, 2.05) is 0 Å². The molecule has 4 heteroatoms. The number of halogens is 2. The summed E-state index contributed by atoms with van der Waals surface area (Å²) in [4.78, 5) is 12.2. The maximum Gasteiger partial charge on any atom is 0.318 e. The van der Waals surface area contributed by atoms with Crippen LogP contribution in [0.3, 0.4) is 0 Å². The van der Waals surface area contributed by atoms with Crippen LogP contribution in [0.1, 0.15) is 17.0 Å². The highest BCUT2D eigenvalue weighted by Gasteiger charge is 2.24. The highest BCUT2D eigenvalue weighted by molar-refractivity contribution is 5.82. The zero-order valence-electron chi connectivity index (χ0n) is 11.3. The van der Waals surface area contributed by atoms with Crippen LogP contribution in [0.15, 0.2) is 61.2 Å². The van der Waals surface area contributed by atoms with Crippen LogP contribution in [-0.2, 0) is 9.53 Å². The third-order valence-corrected chi connectivity index (χ3v) is 2.99. The van der Waals surface area contributed by atoms with Crippen molar-refractivity contribution in [1.29, 1.82) is 0 Å². The molecular weight excluding hydrogens is 274 g/mol. The molecule has 0 saturated carbocycles. The molecule has 2 aromatic carbocycles. The summed E-state index contributed by atoms with van der Waals surface area (Å²) >= 11 is 0. The number of rotatable bonds is 5. The maximum atomic E-state index is 13.0. The van der Waals surface area contributed by atoms with Crippen molar-refractivity contribution in [2.75, 3.05) is 6.61 Å². The van der Waals surface area contributed by atoms with Crippen molar-refractivity contribution in [2.24, 2.45) is 0 Å². The van der Waals surface area contributed by atoms with E-state index in [2.05, 4.69) is 6.58 Å². The van der Waals surface area contributed by atoms with E-state index in [9.17, 15) is 13.6 Å². The number of ether oxygens (including phenoxy) is 1. The second-order valence-electron chi connectivity index (χ2n) is 4.45. The number of carbonyl (C=O) groups excluding carboxylic acids is 1. The summed E-state index contributed by atoms with van der Waals surface area (Å²) < 4.78 is 31.1. The average molecular weight is 288 g/mol. The fourth-order valence-electron chi connectivity index (χ4n) is 2.00. The summed E-state index contributed by atoms with van der Waals surface area (Å²) in [6, 6.07) is 11.1. The largest absolute Gasteiger partial charge is 0.461 e. The van der Waals surface area contributed by atoms with Crippen LogP contribution < -0.4 is 0 Å². The quantitative estimate of drug-likeness (QED) is 0.617. The van der Waals surface area contributed by atoms with E-state index in [0.29, 0.717) is 11.1 Å². The van der Waals surface area contributed by atoms with Gasteiger partial charge in [-0.05, 0) is 35.4 Å². The normalized spacial score (nSPS) is 10.4. The van der Waals surface area contributed by atoms with Crippen molar-refractivity contribution in [3.8, 4) is 0 Å². The van der Waals surface area contributed by atoms with Gasteiger partial charge in [-0.25, -0.2) is 8.78 Å². The monoisotopic (exact) mass is 288 g/mol. The van der Waals surface area contributed by atoms with Gasteiger partial charge in [-0.3, -0.25) is 4.79 Å². The average Bonchev–Trinajstić information content (AvgIpc) is 2.49. The van der Waals surface area contributed by atoms with E-state index in [1.54, 1.807) is 0 Å². The Morgan fingerprint density at radius 1 is 1.00 bits per heavy atom. The Balaban J connectivity index is 2.38. The van der Waals surface area contributed by atoms with Crippen molar-refractivity contribution in [3.63, 3.8) is 0 Å². The van der Waals surface area contributed by atoms with Crippen molar-refractivity contribution in [2.45, 2.75) is 5.92 Å². The second-order valence-corrected chi connectivity index (χ2v) is 4.45. The third-order valence-electron chi connectivity index (χ3n) is 2.99. The van der Waals surface area contributed by atoms with Crippen molar-refractivity contribution in [1.82, 2.24) is 0 Å². The summed E-state index contributed by atoms with van der Waals surface area (Å²) in [6.07, 6.45) is 1.46. The molecule has 0 radical (unpaired) electrons. The lowest BCUT2D eigenvalue weighted by Gasteiger charge is -2.16. The fourth-order valence-corrected chi connectivity index (χ4v) is 2.00. The SMILES string of the molecule is C=CCOC(=O)C(c1ccc(F)cc1)c1ccc(F)cc1. The first-order chi connectivity index (χ1) is 10.1. The van der Waals surface area contributed by atoms with E-state index < -0.39 is 23.5 Å². The highest BCUT2D eigenvalue weighted by Crippen LogP contribution is 2.26. The summed E-state index contributed by atoms with van der Waals surface area (Å²) in [7, 11) is 0. The minimum atomic E-state index is -0.730. The third kappa shape index (κ3) is 3.75. The maximum absolute atomic E-state index is 13.0. The molecule has 2 rings (SSSR count). The minimum absolute atomic E-state index is 0.0811. The molecule has 0 spiro atoms. The zero-order chi connectivity index (χ0) is 15.2. The van der Waals surface area contributed by atoms with E-state index >= 15 is 0 Å². The first-order valence-corrected chi connectivity index (χ1v) is 6.40. The molecule has 0 N–H and O–H groups in total. The van der Waals surface area contributed by atoms with Crippen LogP contribution >= 0.6 is 0 Å². The summed E-state index contributed by atoms with van der Waals surface area (Å²) in [5.41, 5.74) is 1.16. The highest BCUT2D eigenvalue weighted by atomic mass is 19.1. The second kappa shape index (κ2) is 6.79. The summed E-state index contributed by atoms with van der Waals surface area (Å²) in [6.45, 7) is 3.57. The van der Waals surface area contributed by atoms with Crippen LogP contribution in [0.4, 0.5) is 8.78 Å². The van der Waals surface area contributed by atoms with Crippen LogP contribution in [0.5, 0.6) is 0 Å². The Hall–Kier alpha value is -2.49. The molecule has 0 aliphatic heterocycles. The van der Waals surface area contributed by atoms with Crippen molar-refractivity contribution < 1.29 is 18.3 Å². The van der Waals surface area contributed by atoms with Gasteiger partial charge in [0.2, 0.25) is 0 Å². The molecule has 0 unspecified atom stereocenters. The molecule has 2 nitrogen and oxygen atoms in total. The molecule has 0 aliphatic rings. The van der Waals surface area contributed by atoms with Crippen LogP contribution in [0.2, 0.25) is 0 Å². The first kappa shape index (κ1) is 14.9. The zero-order valence-corrected chi connectivity index (χ0v) is 11.3. The predicted octanol–water partition coefficient (Wildman–Crippen LogP) is 3.83. The van der Waals surface area contributed by atoms with E-state index in [-0.39, 0.29) is 6.61 Å². The molecule has 0 atom stereocenters. The molecule has 21 heavy (non-hydrogen) atoms. The molecule has 0 amide bonds. The molecule has 0 fully saturated rings. The molecule has 2 aromatic rings. The van der Waals surface area contributed by atoms with Gasteiger partial charge >= 0.3 is 5.97 Å². The topological polar surface area (TPSA) is 26.3 Å². The van der Waals surface area contributed by atoms with E-state index in [1.165, 1.54) is 54.6 Å². The lowest BCUT2D eigenvalue weighted by Crippen LogP contribution is -2.17. The molecule has 0 heterocycles. The molecular formula is C17H14F2O2. The minimum Gasteiger partial charge on any atom is -0.461 e. The lowest BCUT2D eigenvalue weighted by atomic mass is 9.91. The predicted molar refractivity (Wildman–Crippen MR) is 75.8 cm³/mol. The van der Waals surface area contributed by atoms with Gasteiger partial charge in [-0.1, -0.05) is 36.9 Å². The standard InChI is InChI=1S/C17H14F2O2/c1-2-11-21-17(20)16(12-3-7-14(18)8-4-12)13-5-9-15(19)10-6-13/h2-10,16H,1,11H2. The number of hydrogen-bond donors (Lipinski definition) is 0. The van der Waals surface area contributed by atoms with Crippen LogP contribution in [-0.4, -0.2) is 12.6 Å². The molecule has 108 valence electrons. The molecule has 0 aromatic heterocycles. The van der Waals surface area contributed by atoms with E-state index in [0.717, 1.165) is 0 Å². The Morgan fingerprint density at radius 2 is 1.43 bits per heavy atom. The van der Waals surface area contributed by atoms with Crippen molar-refractivity contribution in [3.05, 3.63) is 83.9 Å². The van der Waals surface area contributed by atoms with Gasteiger partial charge in [-0.2, -0.15) is 0 Å². The number of carbonyl (C=O) groups is 1. The Morgan fingerprint density at radius 3 is 1.81 bits per heavy atom. The Kier molecular flexibility index (Phi) is 4.82. The van der Waals surface area contributed by atoms with Gasteiger partial charge in [0, 0.05) is 0 Å². The molecule has 0 aliphatic carbocycles. The molecule has 0 bridgehead atoms. The summed E-state index contributed by atoms with van der Waals surface area (Å²) in [5, 5.41) is 0. The lowest BCUT2D eigenvalue weighted by molar-refractivity contribution is -0.143. The van der Waals surface area contributed by atoms with E-state index in [4.69, 9.17) is 4.74 Å². The number of esters is 1. The van der Waals surface area contributed by atoms with Gasteiger partial charge < -0.3 is 4.74 Å². The number of hydrogen-bond acceptors (Lipinski definition) is 2. The van der Waals surface area contributed by atoms with Gasteiger partial charge in [0.25, 0.3) is 0 Å². The summed E-state index contributed by atoms with van der Waals surface area (Å²) in [5.74, 6) is -2.01. The van der Waals surface area contributed by atoms with Gasteiger partial charge in [-0.15, -0.1) is 0 Å². The number of benzene rings is 2. The Bertz CT molecular complexity index is 573. The fraction of sp³-hybridized carbons (Fsp3) is 0.118. The smallest absolute Gasteiger partial charge is 0.318 e. The van der Waals surface area contributed by atoms with Gasteiger partial charge in [0.05, 0.1) is 0 Å². The van der Waals surface area contributed by atoms with Crippen LogP contribution in [0, 0.1) is 11.6 Å². The first-order valence-electron chi connectivity index (χ1n) is 6.40. The van der Waals surface area contributed by atoms with Gasteiger partial charge in [0.15, 0.2) is 0 Å².